The third-order valence-electron chi connectivity index (χ3n) is 14.2. The van der Waals surface area contributed by atoms with Crippen molar-refractivity contribution in [3.8, 4) is 0 Å². The highest BCUT2D eigenvalue weighted by Gasteiger charge is 2.52. The van der Waals surface area contributed by atoms with E-state index < -0.39 is 37.2 Å². The minimum atomic E-state index is -2.12. The van der Waals surface area contributed by atoms with E-state index in [0.717, 1.165) is 12.8 Å². The highest BCUT2D eigenvalue weighted by molar-refractivity contribution is 6.74. The quantitative estimate of drug-likeness (QED) is 0.135. The summed E-state index contributed by atoms with van der Waals surface area (Å²) in [5.41, 5.74) is 2.66. The minimum Gasteiger partial charge on any atom is -0.413 e. The van der Waals surface area contributed by atoms with Gasteiger partial charge < -0.3 is 23.5 Å². The van der Waals surface area contributed by atoms with Gasteiger partial charge in [0.05, 0.1) is 29.5 Å². The van der Waals surface area contributed by atoms with E-state index in [1.54, 1.807) is 5.57 Å². The molecule has 3 saturated carbocycles. The number of aliphatic hydroxyl groups is 2. The molecule has 0 spiro atoms. The summed E-state index contributed by atoms with van der Waals surface area (Å²) in [4.78, 5) is 0. The zero-order valence-corrected chi connectivity index (χ0v) is 41.0. The van der Waals surface area contributed by atoms with Crippen LogP contribution in [0.2, 0.25) is 57.4 Å². The fourth-order valence-electron chi connectivity index (χ4n) is 10.8. The van der Waals surface area contributed by atoms with Gasteiger partial charge in [-0.25, -0.2) is 0 Å². The van der Waals surface area contributed by atoms with Gasteiger partial charge in [0.1, 0.15) is 0 Å². The molecular formula is C45H88O5Si3. The first-order valence-corrected chi connectivity index (χ1v) is 31.5. The molecule has 0 amide bonds. The maximum atomic E-state index is 10.3. The molecule has 7 atom stereocenters. The Morgan fingerprint density at radius 3 is 1.94 bits per heavy atom. The van der Waals surface area contributed by atoms with Crippen molar-refractivity contribution < 1.29 is 23.5 Å². The Labute approximate surface area is 332 Å². The van der Waals surface area contributed by atoms with Crippen LogP contribution in [-0.4, -0.2) is 64.7 Å². The zero-order valence-electron chi connectivity index (χ0n) is 38.0. The Kier molecular flexibility index (Phi) is 15.9. The van der Waals surface area contributed by atoms with Crippen molar-refractivity contribution in [1.29, 1.82) is 0 Å². The Hall–Kier alpha value is -0.0694. The maximum absolute atomic E-state index is 10.3. The first-order chi connectivity index (χ1) is 24.0. The molecule has 0 aliphatic heterocycles. The van der Waals surface area contributed by atoms with E-state index in [4.69, 9.17) is 13.3 Å². The van der Waals surface area contributed by atoms with Crippen LogP contribution < -0.4 is 0 Å². The van der Waals surface area contributed by atoms with Crippen LogP contribution in [0.5, 0.6) is 0 Å². The molecular weight excluding hydrogens is 705 g/mol. The molecule has 53 heavy (non-hydrogen) atoms. The van der Waals surface area contributed by atoms with E-state index in [9.17, 15) is 10.2 Å². The Morgan fingerprint density at radius 2 is 1.40 bits per heavy atom. The largest absolute Gasteiger partial charge is 0.413 e. The summed E-state index contributed by atoms with van der Waals surface area (Å²) in [5, 5.41) is 20.8. The number of allylic oxidation sites excluding steroid dienone is 3. The molecule has 3 aliphatic rings. The van der Waals surface area contributed by atoms with Gasteiger partial charge in [-0.15, -0.1) is 0 Å². The Bertz CT molecular complexity index is 1230. The molecule has 0 aromatic heterocycles. The first kappa shape index (κ1) is 47.3. The van der Waals surface area contributed by atoms with Gasteiger partial charge in [-0.3, -0.25) is 0 Å². The lowest BCUT2D eigenvalue weighted by Gasteiger charge is -2.49. The fourth-order valence-corrected chi connectivity index (χ4v) is 17.0. The molecule has 0 heterocycles. The van der Waals surface area contributed by atoms with Gasteiger partial charge in [-0.1, -0.05) is 70.8 Å². The van der Waals surface area contributed by atoms with Gasteiger partial charge >= 0.3 is 0 Å². The van der Waals surface area contributed by atoms with Gasteiger partial charge in [0.25, 0.3) is 0 Å². The molecule has 3 fully saturated rings. The predicted octanol–water partition coefficient (Wildman–Crippen LogP) is 12.8. The molecule has 3 rings (SSSR count). The first-order valence-electron chi connectivity index (χ1n) is 21.8. The lowest BCUT2D eigenvalue weighted by atomic mass is 9.60. The Balaban J connectivity index is 1.95. The third kappa shape index (κ3) is 13.2. The van der Waals surface area contributed by atoms with Gasteiger partial charge in [-0.2, -0.15) is 0 Å². The predicted molar refractivity (Wildman–Crippen MR) is 235 cm³/mol. The second-order valence-corrected chi connectivity index (χ2v) is 36.0. The van der Waals surface area contributed by atoms with Crippen molar-refractivity contribution in [2.75, 3.05) is 0 Å². The van der Waals surface area contributed by atoms with Crippen LogP contribution in [0.4, 0.5) is 0 Å². The highest BCUT2D eigenvalue weighted by Crippen LogP contribution is 2.61. The summed E-state index contributed by atoms with van der Waals surface area (Å²) in [5.74, 6) is 2.48. The second-order valence-electron chi connectivity index (χ2n) is 22.6. The fraction of sp³-hybridized carbons (Fsp3) is 0.911. The van der Waals surface area contributed by atoms with Crippen LogP contribution in [-0.2, 0) is 13.3 Å². The van der Waals surface area contributed by atoms with Crippen LogP contribution in [0, 0.1) is 29.1 Å². The van der Waals surface area contributed by atoms with Crippen LogP contribution in [0.1, 0.15) is 146 Å². The van der Waals surface area contributed by atoms with E-state index >= 15 is 0 Å². The van der Waals surface area contributed by atoms with E-state index in [1.165, 1.54) is 56.9 Å². The Morgan fingerprint density at radius 1 is 0.811 bits per heavy atom. The number of rotatable bonds is 18. The summed E-state index contributed by atoms with van der Waals surface area (Å²) >= 11 is 0. The average molecular weight is 793 g/mol. The monoisotopic (exact) mass is 793 g/mol. The van der Waals surface area contributed by atoms with Gasteiger partial charge in [0.2, 0.25) is 0 Å². The van der Waals surface area contributed by atoms with Gasteiger partial charge in [-0.05, 0) is 185 Å². The summed E-state index contributed by atoms with van der Waals surface area (Å²) in [6.45, 7) is 40.3. The van der Waals surface area contributed by atoms with E-state index in [1.807, 2.05) is 0 Å². The molecule has 0 bridgehead atoms. The lowest BCUT2D eigenvalue weighted by Crippen LogP contribution is -2.55. The molecule has 0 aromatic carbocycles. The van der Waals surface area contributed by atoms with Crippen molar-refractivity contribution in [3.05, 3.63) is 23.3 Å². The van der Waals surface area contributed by atoms with Crippen molar-refractivity contribution in [3.63, 3.8) is 0 Å². The molecule has 0 unspecified atom stereocenters. The summed E-state index contributed by atoms with van der Waals surface area (Å²) in [7, 11) is -5.60. The minimum absolute atomic E-state index is 0.0581. The number of hydrogen-bond donors (Lipinski definition) is 2. The van der Waals surface area contributed by atoms with Crippen molar-refractivity contribution in [1.82, 2.24) is 0 Å². The van der Waals surface area contributed by atoms with Crippen LogP contribution in [0.15, 0.2) is 23.3 Å². The summed E-state index contributed by atoms with van der Waals surface area (Å²) in [6.07, 6.45) is 17.9. The average Bonchev–Trinajstić information content (AvgIpc) is 3.31. The molecule has 0 saturated heterocycles. The zero-order chi connectivity index (χ0) is 40.4. The highest BCUT2D eigenvalue weighted by atomic mass is 28.4. The standard InChI is InChI=1S/C45H88O5Si3/c1-33(2)44(7,8)53(16,17)48-41(43(5,6)50-52(13,14)15)27-24-36(20-18-28-42(3,4)49-51(10,11)12)40-26-25-39-35(21-19-29-45(39,40)9)23-22-34-30-37(46)32-38(47)31-34/h22-23,33,36-41,46-47H,18-21,24-32H2,1-17H3/b35-23+/t36-,37-,38-,39+,40-,41-,45+/m1/s1. The maximum Gasteiger partial charge on any atom is 0.193 e. The smallest absolute Gasteiger partial charge is 0.193 e. The molecule has 0 aromatic rings. The van der Waals surface area contributed by atoms with Crippen LogP contribution in [0.3, 0.4) is 0 Å². The van der Waals surface area contributed by atoms with E-state index in [2.05, 4.69) is 127 Å². The molecule has 3 aliphatic carbocycles. The molecule has 310 valence electrons. The number of fused-ring (bicyclic) bond motifs is 1. The topological polar surface area (TPSA) is 68.2 Å². The van der Waals surface area contributed by atoms with Crippen LogP contribution in [0.25, 0.3) is 0 Å². The summed E-state index contributed by atoms with van der Waals surface area (Å²) in [6, 6.07) is 0. The van der Waals surface area contributed by atoms with Crippen molar-refractivity contribution in [2.45, 2.75) is 233 Å². The number of aliphatic hydroxyl groups excluding tert-OH is 2. The van der Waals surface area contributed by atoms with E-state index in [0.29, 0.717) is 42.9 Å². The van der Waals surface area contributed by atoms with Gasteiger partial charge in [0.15, 0.2) is 25.0 Å². The molecule has 5 nitrogen and oxygen atoms in total. The van der Waals surface area contributed by atoms with Crippen molar-refractivity contribution in [2.24, 2.45) is 29.1 Å². The molecule has 2 N–H and O–H groups in total. The lowest BCUT2D eigenvalue weighted by molar-refractivity contribution is -0.0373. The van der Waals surface area contributed by atoms with Gasteiger partial charge in [0, 0.05) is 0 Å². The normalized spacial score (nSPS) is 28.8. The SMILES string of the molecule is CC(C)C(C)(C)[Si](C)(C)O[C@H](CC[C@@H](CCCC(C)(C)O[Si](C)(C)C)[C@H]1CC[C@H]2/C(=C/C=C3C[C@@H](O)C[C@H](O)C3)CCC[C@]12C)C(C)(C)O[Si](C)(C)C. The molecule has 0 radical (unpaired) electrons. The second kappa shape index (κ2) is 17.8. The van der Waals surface area contributed by atoms with E-state index in [-0.39, 0.29) is 27.8 Å². The third-order valence-corrected chi connectivity index (χ3v) is 21.1. The van der Waals surface area contributed by atoms with Crippen molar-refractivity contribution >= 4 is 25.0 Å². The van der Waals surface area contributed by atoms with Crippen LogP contribution >= 0.6 is 0 Å². The molecule has 8 heteroatoms. The number of hydrogen-bond acceptors (Lipinski definition) is 5. The summed E-state index contributed by atoms with van der Waals surface area (Å²) < 4.78 is 21.3.